The highest BCUT2D eigenvalue weighted by Crippen LogP contribution is 2.38. The molecule has 0 saturated carbocycles. The van der Waals surface area contributed by atoms with Gasteiger partial charge in [-0.25, -0.2) is 4.98 Å². The van der Waals surface area contributed by atoms with Crippen molar-refractivity contribution in [2.75, 3.05) is 0 Å². The van der Waals surface area contributed by atoms with Crippen LogP contribution < -0.4 is 0 Å². The number of pyridine rings is 3. The van der Waals surface area contributed by atoms with Crippen molar-refractivity contribution in [1.82, 2.24) is 15.0 Å². The third kappa shape index (κ3) is 6.04. The molecule has 0 atom stereocenters. The van der Waals surface area contributed by atoms with E-state index in [9.17, 15) is 0 Å². The van der Waals surface area contributed by atoms with Gasteiger partial charge in [-0.15, -0.1) is 0 Å². The molecule has 0 bridgehead atoms. The highest BCUT2D eigenvalue weighted by Gasteiger charge is 2.15. The van der Waals surface area contributed by atoms with Crippen LogP contribution in [0.5, 0.6) is 0 Å². The van der Waals surface area contributed by atoms with Crippen molar-refractivity contribution in [3.05, 3.63) is 169 Å². The van der Waals surface area contributed by atoms with Gasteiger partial charge in [-0.05, 0) is 107 Å². The highest BCUT2D eigenvalue weighted by molar-refractivity contribution is 6.13. The first-order chi connectivity index (χ1) is 22.3. The minimum absolute atomic E-state index is 0.679. The topological polar surface area (TPSA) is 51.0 Å². The largest absolute Gasteiger partial charge is 0.262 e. The molecule has 0 aliphatic heterocycles. The van der Waals surface area contributed by atoms with Crippen molar-refractivity contribution in [3.8, 4) is 11.1 Å². The standard InChI is InChI=1S/C41H32N4/c1-42-40(37-19-8-10-25-44-37)27-32(20-22-34-17-7-9-24-43-34)31-15-11-16-33(26-31)36-28-39(30-13-3-2-4-14-30)45-38-23-21-29-12-5-6-18-35(29)41(36)38/h2-3,5-13,15-21,23-28H,1,4,14,22H2/b32-20+,40-27-. The van der Waals surface area contributed by atoms with E-state index >= 15 is 0 Å². The number of fused-ring (bicyclic) bond motifs is 3. The fourth-order valence-electron chi connectivity index (χ4n) is 5.94. The van der Waals surface area contributed by atoms with E-state index in [-0.39, 0.29) is 0 Å². The van der Waals surface area contributed by atoms with Crippen LogP contribution >= 0.6 is 0 Å². The van der Waals surface area contributed by atoms with Gasteiger partial charge in [-0.1, -0.05) is 85.0 Å². The Hall–Kier alpha value is -5.74. The third-order valence-electron chi connectivity index (χ3n) is 8.20. The molecule has 4 nitrogen and oxygen atoms in total. The number of hydrogen-bond acceptors (Lipinski definition) is 4. The molecule has 4 heteroatoms. The summed E-state index contributed by atoms with van der Waals surface area (Å²) < 4.78 is 0. The molecule has 1 aliphatic carbocycles. The molecule has 0 spiro atoms. The van der Waals surface area contributed by atoms with Crippen LogP contribution in [0.25, 0.3) is 49.6 Å². The van der Waals surface area contributed by atoms with Gasteiger partial charge in [0.1, 0.15) is 0 Å². The number of rotatable bonds is 8. The molecule has 1 aliphatic rings. The van der Waals surface area contributed by atoms with Crippen molar-refractivity contribution in [1.29, 1.82) is 0 Å². The molecule has 45 heavy (non-hydrogen) atoms. The summed E-state index contributed by atoms with van der Waals surface area (Å²) in [5.74, 6) is 0. The second kappa shape index (κ2) is 12.9. The lowest BCUT2D eigenvalue weighted by atomic mass is 9.91. The van der Waals surface area contributed by atoms with Gasteiger partial charge in [-0.2, -0.15) is 0 Å². The molecule has 3 aromatic carbocycles. The third-order valence-corrected chi connectivity index (χ3v) is 8.20. The predicted molar refractivity (Wildman–Crippen MR) is 189 cm³/mol. The number of aliphatic imine (C=N–C) groups is 1. The second-order valence-corrected chi connectivity index (χ2v) is 11.1. The highest BCUT2D eigenvalue weighted by atomic mass is 14.8. The van der Waals surface area contributed by atoms with Gasteiger partial charge in [0.15, 0.2) is 0 Å². The van der Waals surface area contributed by atoms with Gasteiger partial charge < -0.3 is 0 Å². The molecule has 6 aromatic rings. The molecule has 0 fully saturated rings. The maximum atomic E-state index is 5.18. The number of aromatic nitrogens is 3. The summed E-state index contributed by atoms with van der Waals surface area (Å²) >= 11 is 0. The van der Waals surface area contributed by atoms with E-state index in [0.717, 1.165) is 57.5 Å². The molecule has 3 heterocycles. The van der Waals surface area contributed by atoms with E-state index < -0.39 is 0 Å². The van der Waals surface area contributed by atoms with Gasteiger partial charge in [0.05, 0.1) is 22.6 Å². The maximum Gasteiger partial charge on any atom is 0.0886 e. The van der Waals surface area contributed by atoms with E-state index in [1.54, 1.807) is 6.20 Å². The lowest BCUT2D eigenvalue weighted by Gasteiger charge is -2.16. The van der Waals surface area contributed by atoms with Crippen LogP contribution in [0.2, 0.25) is 0 Å². The van der Waals surface area contributed by atoms with Crippen molar-refractivity contribution in [2.45, 2.75) is 19.3 Å². The van der Waals surface area contributed by atoms with Crippen LogP contribution in [0.15, 0.2) is 151 Å². The van der Waals surface area contributed by atoms with Crippen LogP contribution in [0.4, 0.5) is 0 Å². The molecular formula is C41H32N4. The molecule has 0 N–H and O–H groups in total. The van der Waals surface area contributed by atoms with Crippen LogP contribution in [-0.4, -0.2) is 21.7 Å². The van der Waals surface area contributed by atoms with Gasteiger partial charge in [0.2, 0.25) is 0 Å². The Morgan fingerprint density at radius 2 is 1.71 bits per heavy atom. The molecule has 0 unspecified atom stereocenters. The molecule has 7 rings (SSSR count). The van der Waals surface area contributed by atoms with E-state index in [1.807, 2.05) is 42.6 Å². The average Bonchev–Trinajstić information content (AvgIpc) is 3.12. The lowest BCUT2D eigenvalue weighted by Crippen LogP contribution is -1.96. The summed E-state index contributed by atoms with van der Waals surface area (Å²) in [6, 6.07) is 35.8. The average molecular weight is 581 g/mol. The second-order valence-electron chi connectivity index (χ2n) is 11.1. The van der Waals surface area contributed by atoms with Crippen molar-refractivity contribution in [3.63, 3.8) is 0 Å². The van der Waals surface area contributed by atoms with Crippen LogP contribution in [0.1, 0.15) is 35.5 Å². The summed E-state index contributed by atoms with van der Waals surface area (Å²) in [6.07, 6.45) is 17.1. The van der Waals surface area contributed by atoms with E-state index in [2.05, 4.69) is 119 Å². The monoisotopic (exact) mass is 580 g/mol. The Bertz CT molecular complexity index is 2140. The predicted octanol–water partition coefficient (Wildman–Crippen LogP) is 9.95. The quantitative estimate of drug-likeness (QED) is 0.102. The van der Waals surface area contributed by atoms with Crippen LogP contribution in [0, 0.1) is 0 Å². The number of nitrogens with zero attached hydrogens (tertiary/aromatic N) is 4. The Morgan fingerprint density at radius 3 is 2.51 bits per heavy atom. The smallest absolute Gasteiger partial charge is 0.0886 e. The van der Waals surface area contributed by atoms with E-state index in [1.165, 1.54) is 21.9 Å². The molecule has 3 aromatic heterocycles. The normalized spacial score (nSPS) is 13.6. The van der Waals surface area contributed by atoms with Crippen LogP contribution in [0.3, 0.4) is 0 Å². The molecule has 0 radical (unpaired) electrons. The lowest BCUT2D eigenvalue weighted by molar-refractivity contribution is 1.04. The minimum Gasteiger partial charge on any atom is -0.262 e. The van der Waals surface area contributed by atoms with E-state index in [0.29, 0.717) is 12.1 Å². The zero-order chi connectivity index (χ0) is 30.4. The fourth-order valence-corrected chi connectivity index (χ4v) is 5.94. The van der Waals surface area contributed by atoms with Gasteiger partial charge >= 0.3 is 0 Å². The summed E-state index contributed by atoms with van der Waals surface area (Å²) in [4.78, 5) is 18.6. The number of benzene rings is 3. The molecule has 0 saturated heterocycles. The maximum absolute atomic E-state index is 5.18. The first kappa shape index (κ1) is 28.1. The Balaban J connectivity index is 1.42. The fraction of sp³-hybridized carbons (Fsp3) is 0.0732. The summed E-state index contributed by atoms with van der Waals surface area (Å²) in [6.45, 7) is 3.87. The zero-order valence-electron chi connectivity index (χ0n) is 25.0. The van der Waals surface area contributed by atoms with Gasteiger partial charge in [0.25, 0.3) is 0 Å². The van der Waals surface area contributed by atoms with Crippen molar-refractivity contribution >= 4 is 45.2 Å². The van der Waals surface area contributed by atoms with Gasteiger partial charge in [-0.3, -0.25) is 15.0 Å². The summed E-state index contributed by atoms with van der Waals surface area (Å²) in [5.41, 5.74) is 10.2. The molecule has 216 valence electrons. The van der Waals surface area contributed by atoms with Crippen LogP contribution in [-0.2, 0) is 6.42 Å². The Morgan fingerprint density at radius 1 is 0.844 bits per heavy atom. The first-order valence-electron chi connectivity index (χ1n) is 15.3. The van der Waals surface area contributed by atoms with Crippen molar-refractivity contribution in [2.24, 2.45) is 4.99 Å². The van der Waals surface area contributed by atoms with Crippen molar-refractivity contribution < 1.29 is 0 Å². The molecular weight excluding hydrogens is 548 g/mol. The summed E-state index contributed by atoms with van der Waals surface area (Å²) in [5, 5.41) is 3.57. The summed E-state index contributed by atoms with van der Waals surface area (Å²) in [7, 11) is 0. The Labute approximate surface area is 263 Å². The SMILES string of the molecule is C=N/C(=C\C(=C/Cc1ccccn1)c1cccc(-c2cc(C3=CC=CCC3)nc3ccc4ccccc4c23)c1)c1ccccn1. The van der Waals surface area contributed by atoms with Gasteiger partial charge in [0, 0.05) is 29.9 Å². The zero-order valence-corrected chi connectivity index (χ0v) is 25.0. The van der Waals surface area contributed by atoms with E-state index in [4.69, 9.17) is 4.98 Å². The minimum atomic E-state index is 0.679. The number of hydrogen-bond donors (Lipinski definition) is 0. The number of allylic oxidation sites excluding steroid dienone is 7. The Kier molecular flexibility index (Phi) is 8.02. The first-order valence-corrected chi connectivity index (χ1v) is 15.3. The molecule has 0 amide bonds.